The number of rotatable bonds is 3. The molecule has 1 aliphatic rings. The van der Waals surface area contributed by atoms with Crippen molar-refractivity contribution in [3.05, 3.63) is 62.7 Å². The lowest BCUT2D eigenvalue weighted by Gasteiger charge is -2.37. The number of nitrogens with one attached hydrogen (secondary N) is 1. The molecule has 1 fully saturated rings. The molecule has 3 heteroatoms. The lowest BCUT2D eigenvalue weighted by molar-refractivity contribution is 0.374. The fraction of sp³-hybridized carbons (Fsp3) is 0.250. The minimum absolute atomic E-state index is 0.596. The molecule has 0 bridgehead atoms. The average Bonchev–Trinajstić information content (AvgIpc) is 2.35. The van der Waals surface area contributed by atoms with E-state index in [1.165, 1.54) is 27.7 Å². The second-order valence-corrected chi connectivity index (χ2v) is 6.75. The maximum absolute atomic E-state index is 5.92. The van der Waals surface area contributed by atoms with E-state index in [-0.39, 0.29) is 0 Å². The van der Waals surface area contributed by atoms with Crippen molar-refractivity contribution >= 4 is 39.9 Å². The van der Waals surface area contributed by atoms with Gasteiger partial charge in [0.2, 0.25) is 0 Å². The van der Waals surface area contributed by atoms with Gasteiger partial charge in [-0.15, -0.1) is 0 Å². The van der Waals surface area contributed by atoms with E-state index >= 15 is 0 Å². The first-order valence-electron chi connectivity index (χ1n) is 6.48. The van der Waals surface area contributed by atoms with Crippen molar-refractivity contribution in [3.8, 4) is 0 Å². The molecule has 3 rings (SSSR count). The molecular weight excluding hydrogens is 369 g/mol. The van der Waals surface area contributed by atoms with Crippen LogP contribution < -0.4 is 5.32 Å². The van der Waals surface area contributed by atoms with Gasteiger partial charge in [0.25, 0.3) is 0 Å². The number of hydrogen-bond donors (Lipinski definition) is 1. The molecule has 2 aromatic rings. The minimum atomic E-state index is 0.596. The van der Waals surface area contributed by atoms with Gasteiger partial charge in [-0.2, -0.15) is 0 Å². The summed E-state index contributed by atoms with van der Waals surface area (Å²) in [6, 6.07) is 17.4. The van der Waals surface area contributed by atoms with E-state index < -0.39 is 0 Å². The summed E-state index contributed by atoms with van der Waals surface area (Å²) in [5, 5.41) is 4.42. The summed E-state index contributed by atoms with van der Waals surface area (Å²) >= 11 is 8.26. The van der Waals surface area contributed by atoms with Gasteiger partial charge in [0.05, 0.1) is 0 Å². The zero-order valence-electron chi connectivity index (χ0n) is 10.4. The Morgan fingerprint density at radius 1 is 1.05 bits per heavy atom. The molecule has 1 saturated carbocycles. The number of benzene rings is 2. The lowest BCUT2D eigenvalue weighted by atomic mass is 9.76. The van der Waals surface area contributed by atoms with Crippen LogP contribution in [-0.2, 0) is 0 Å². The van der Waals surface area contributed by atoms with Crippen LogP contribution in [0, 0.1) is 3.57 Å². The van der Waals surface area contributed by atoms with Crippen molar-refractivity contribution in [2.45, 2.75) is 24.8 Å². The van der Waals surface area contributed by atoms with Gasteiger partial charge in [-0.1, -0.05) is 29.8 Å². The van der Waals surface area contributed by atoms with Crippen LogP contribution in [0.1, 0.15) is 24.3 Å². The molecule has 98 valence electrons. The molecule has 0 amide bonds. The number of anilines is 1. The van der Waals surface area contributed by atoms with Gasteiger partial charge < -0.3 is 5.32 Å². The molecule has 2 aromatic carbocycles. The molecule has 19 heavy (non-hydrogen) atoms. The van der Waals surface area contributed by atoms with E-state index in [9.17, 15) is 0 Å². The summed E-state index contributed by atoms with van der Waals surface area (Å²) in [5.41, 5.74) is 2.64. The van der Waals surface area contributed by atoms with Crippen molar-refractivity contribution in [2.24, 2.45) is 0 Å². The molecule has 0 saturated heterocycles. The summed E-state index contributed by atoms with van der Waals surface area (Å²) in [6.07, 6.45) is 2.40. The normalized spacial score (nSPS) is 21.8. The Labute approximate surface area is 132 Å². The van der Waals surface area contributed by atoms with Crippen molar-refractivity contribution in [3.63, 3.8) is 0 Å². The molecule has 0 radical (unpaired) electrons. The van der Waals surface area contributed by atoms with Gasteiger partial charge in [-0.05, 0) is 77.2 Å². The number of halogens is 2. The van der Waals surface area contributed by atoms with Crippen LogP contribution in [0.4, 0.5) is 5.69 Å². The van der Waals surface area contributed by atoms with Crippen LogP contribution in [0.25, 0.3) is 0 Å². The van der Waals surface area contributed by atoms with Crippen molar-refractivity contribution in [1.29, 1.82) is 0 Å². The third kappa shape index (κ3) is 3.23. The monoisotopic (exact) mass is 383 g/mol. The average molecular weight is 384 g/mol. The molecule has 0 unspecified atom stereocenters. The quantitative estimate of drug-likeness (QED) is 0.709. The van der Waals surface area contributed by atoms with E-state index in [2.05, 4.69) is 64.3 Å². The predicted molar refractivity (Wildman–Crippen MR) is 90.0 cm³/mol. The third-order valence-electron chi connectivity index (χ3n) is 3.67. The van der Waals surface area contributed by atoms with E-state index in [1.807, 2.05) is 12.1 Å². The second-order valence-electron chi connectivity index (χ2n) is 5.07. The van der Waals surface area contributed by atoms with Gasteiger partial charge in [-0.3, -0.25) is 0 Å². The Morgan fingerprint density at radius 3 is 2.47 bits per heavy atom. The van der Waals surface area contributed by atoms with Crippen LogP contribution >= 0.6 is 34.2 Å². The first kappa shape index (κ1) is 13.3. The summed E-state index contributed by atoms with van der Waals surface area (Å²) in [6.45, 7) is 0. The molecular formula is C16H15ClIN. The van der Waals surface area contributed by atoms with Crippen molar-refractivity contribution < 1.29 is 0 Å². The zero-order valence-corrected chi connectivity index (χ0v) is 13.4. The molecule has 0 aliphatic heterocycles. The van der Waals surface area contributed by atoms with Gasteiger partial charge >= 0.3 is 0 Å². The van der Waals surface area contributed by atoms with Gasteiger partial charge in [0, 0.05) is 20.3 Å². The first-order chi connectivity index (χ1) is 9.20. The van der Waals surface area contributed by atoms with E-state index in [0.717, 1.165) is 5.02 Å². The standard InChI is InChI=1S/C16H15ClIN/c17-13-6-4-11(5-7-13)12-8-16(9-12)19-15-3-1-2-14(18)10-15/h1-7,10,12,16,19H,8-9H2. The minimum Gasteiger partial charge on any atom is -0.382 e. The van der Waals surface area contributed by atoms with Gasteiger partial charge in [-0.25, -0.2) is 0 Å². The van der Waals surface area contributed by atoms with Crippen molar-refractivity contribution in [1.82, 2.24) is 0 Å². The summed E-state index contributed by atoms with van der Waals surface area (Å²) in [5.74, 6) is 0.678. The zero-order chi connectivity index (χ0) is 13.2. The van der Waals surface area contributed by atoms with E-state index in [4.69, 9.17) is 11.6 Å². The topological polar surface area (TPSA) is 12.0 Å². The fourth-order valence-corrected chi connectivity index (χ4v) is 3.23. The first-order valence-corrected chi connectivity index (χ1v) is 7.94. The Hall–Kier alpha value is -0.740. The predicted octanol–water partition coefficient (Wildman–Crippen LogP) is 5.30. The highest BCUT2D eigenvalue weighted by molar-refractivity contribution is 14.1. The van der Waals surface area contributed by atoms with Crippen molar-refractivity contribution in [2.75, 3.05) is 5.32 Å². The smallest absolute Gasteiger partial charge is 0.0406 e. The maximum Gasteiger partial charge on any atom is 0.0406 e. The molecule has 1 nitrogen and oxygen atoms in total. The van der Waals surface area contributed by atoms with Crippen LogP contribution in [-0.4, -0.2) is 6.04 Å². The molecule has 0 spiro atoms. The summed E-state index contributed by atoms with van der Waals surface area (Å²) < 4.78 is 1.27. The lowest BCUT2D eigenvalue weighted by Crippen LogP contribution is -2.33. The van der Waals surface area contributed by atoms with Crippen LogP contribution in [0.2, 0.25) is 5.02 Å². The molecule has 0 heterocycles. The summed E-state index contributed by atoms with van der Waals surface area (Å²) in [7, 11) is 0. The molecule has 1 N–H and O–H groups in total. The Balaban J connectivity index is 1.57. The number of hydrogen-bond acceptors (Lipinski definition) is 1. The fourth-order valence-electron chi connectivity index (χ4n) is 2.56. The highest BCUT2D eigenvalue weighted by Crippen LogP contribution is 2.38. The Bertz CT molecular complexity index is 561. The van der Waals surface area contributed by atoms with E-state index in [0.29, 0.717) is 12.0 Å². The SMILES string of the molecule is Clc1ccc(C2CC(Nc3cccc(I)c3)C2)cc1. The highest BCUT2D eigenvalue weighted by Gasteiger charge is 2.30. The maximum atomic E-state index is 5.92. The molecule has 0 aromatic heterocycles. The van der Waals surface area contributed by atoms with E-state index in [1.54, 1.807) is 0 Å². The van der Waals surface area contributed by atoms with Gasteiger partial charge in [0.1, 0.15) is 0 Å². The Morgan fingerprint density at radius 2 is 1.79 bits per heavy atom. The highest BCUT2D eigenvalue weighted by atomic mass is 127. The largest absolute Gasteiger partial charge is 0.382 e. The summed E-state index contributed by atoms with van der Waals surface area (Å²) in [4.78, 5) is 0. The molecule has 1 aliphatic carbocycles. The van der Waals surface area contributed by atoms with Crippen LogP contribution in [0.5, 0.6) is 0 Å². The Kier molecular flexibility index (Phi) is 3.99. The van der Waals surface area contributed by atoms with Crippen LogP contribution in [0.15, 0.2) is 48.5 Å². The second kappa shape index (κ2) is 5.71. The molecule has 0 atom stereocenters. The third-order valence-corrected chi connectivity index (χ3v) is 4.60. The van der Waals surface area contributed by atoms with Crippen LogP contribution in [0.3, 0.4) is 0 Å². The van der Waals surface area contributed by atoms with Gasteiger partial charge in [0.15, 0.2) is 0 Å².